The van der Waals surface area contributed by atoms with Crippen LogP contribution in [0.1, 0.15) is 26.7 Å². The monoisotopic (exact) mass is 435 g/mol. The summed E-state index contributed by atoms with van der Waals surface area (Å²) in [6, 6.07) is -5.18. The first kappa shape index (κ1) is 26.6. The summed E-state index contributed by atoms with van der Waals surface area (Å²) in [6.45, 7) is 2.72. The lowest BCUT2D eigenvalue weighted by Gasteiger charge is -2.24. The van der Waals surface area contributed by atoms with Gasteiger partial charge in [-0.05, 0) is 5.92 Å². The molecule has 0 spiro atoms. The molecule has 0 fully saturated rings. The van der Waals surface area contributed by atoms with Gasteiger partial charge in [-0.1, -0.05) is 20.3 Å². The van der Waals surface area contributed by atoms with E-state index in [-0.39, 0.29) is 11.7 Å². The van der Waals surface area contributed by atoms with E-state index in [4.69, 9.17) is 21.7 Å². The summed E-state index contributed by atoms with van der Waals surface area (Å²) in [7, 11) is 0. The molecule has 0 aromatic heterocycles. The third-order valence-corrected chi connectivity index (χ3v) is 4.58. The van der Waals surface area contributed by atoms with Gasteiger partial charge >= 0.3 is 5.97 Å². The van der Waals surface area contributed by atoms with Crippen LogP contribution in [0.15, 0.2) is 0 Å². The van der Waals surface area contributed by atoms with Crippen LogP contribution in [0.25, 0.3) is 0 Å². The van der Waals surface area contributed by atoms with Gasteiger partial charge in [-0.3, -0.25) is 19.2 Å². The normalized spacial score (nSPS) is 15.9. The average Bonchev–Trinajstić information content (AvgIpc) is 2.67. The zero-order valence-corrected chi connectivity index (χ0v) is 17.1. The van der Waals surface area contributed by atoms with Gasteiger partial charge < -0.3 is 37.6 Å². The van der Waals surface area contributed by atoms with Crippen LogP contribution in [0.4, 0.5) is 0 Å². The summed E-state index contributed by atoms with van der Waals surface area (Å²) in [5, 5.41) is 24.5. The Kier molecular flexibility index (Phi) is 11.9. The number of aliphatic carboxylic acids is 1. The van der Waals surface area contributed by atoms with Crippen molar-refractivity contribution in [2.24, 2.45) is 17.4 Å². The van der Waals surface area contributed by atoms with Gasteiger partial charge in [-0.25, -0.2) is 4.79 Å². The van der Waals surface area contributed by atoms with Crippen LogP contribution in [0.3, 0.4) is 0 Å². The van der Waals surface area contributed by atoms with Crippen molar-refractivity contribution in [3.8, 4) is 0 Å². The number of carboxylic acids is 1. The SMILES string of the molecule is CCC(C)C(N)C(=O)NC(CC(N)=O)C(=O)NC(CS)C(=O)NC(CO)C(=O)O. The minimum atomic E-state index is -1.57. The summed E-state index contributed by atoms with van der Waals surface area (Å²) >= 11 is 3.93. The molecule has 0 bridgehead atoms. The molecule has 0 saturated heterocycles. The van der Waals surface area contributed by atoms with Gasteiger partial charge in [-0.2, -0.15) is 12.6 Å². The molecule has 0 rings (SSSR count). The summed E-state index contributed by atoms with van der Waals surface area (Å²) in [5.74, 6) is -5.25. The largest absolute Gasteiger partial charge is 0.480 e. The minimum Gasteiger partial charge on any atom is -0.480 e. The molecule has 0 radical (unpaired) electrons. The molecule has 166 valence electrons. The Balaban J connectivity index is 5.23. The van der Waals surface area contributed by atoms with Crippen LogP contribution in [-0.4, -0.2) is 76.3 Å². The first-order valence-electron chi connectivity index (χ1n) is 8.87. The van der Waals surface area contributed by atoms with Crippen molar-refractivity contribution in [2.75, 3.05) is 12.4 Å². The Hall–Kier alpha value is -2.38. The van der Waals surface area contributed by atoms with Crippen LogP contribution < -0.4 is 27.4 Å². The van der Waals surface area contributed by atoms with E-state index in [9.17, 15) is 24.0 Å². The zero-order valence-electron chi connectivity index (χ0n) is 16.3. The van der Waals surface area contributed by atoms with E-state index in [1.54, 1.807) is 6.92 Å². The molecule has 13 heteroatoms. The van der Waals surface area contributed by atoms with E-state index in [1.807, 2.05) is 12.2 Å². The van der Waals surface area contributed by atoms with Gasteiger partial charge in [0.1, 0.15) is 18.1 Å². The number of hydrogen-bond acceptors (Lipinski definition) is 8. The maximum atomic E-state index is 12.5. The van der Waals surface area contributed by atoms with E-state index in [0.717, 1.165) is 0 Å². The smallest absolute Gasteiger partial charge is 0.328 e. The quantitative estimate of drug-likeness (QED) is 0.137. The van der Waals surface area contributed by atoms with Crippen LogP contribution in [0.5, 0.6) is 0 Å². The fourth-order valence-corrected chi connectivity index (χ4v) is 2.37. The average molecular weight is 436 g/mol. The number of nitrogens with one attached hydrogen (secondary N) is 3. The number of nitrogens with two attached hydrogens (primary N) is 2. The van der Waals surface area contributed by atoms with Crippen molar-refractivity contribution < 1.29 is 34.2 Å². The predicted molar refractivity (Wildman–Crippen MR) is 106 cm³/mol. The number of carbonyl (C=O) groups is 5. The van der Waals surface area contributed by atoms with Gasteiger partial charge in [0.05, 0.1) is 19.1 Å². The van der Waals surface area contributed by atoms with Gasteiger partial charge in [-0.15, -0.1) is 0 Å². The van der Waals surface area contributed by atoms with Crippen LogP contribution >= 0.6 is 12.6 Å². The summed E-state index contributed by atoms with van der Waals surface area (Å²) in [4.78, 5) is 59.0. The fourth-order valence-electron chi connectivity index (χ4n) is 2.11. The molecular weight excluding hydrogens is 406 g/mol. The van der Waals surface area contributed by atoms with Crippen molar-refractivity contribution in [1.29, 1.82) is 0 Å². The second-order valence-corrected chi connectivity index (χ2v) is 6.83. The van der Waals surface area contributed by atoms with Crippen molar-refractivity contribution in [3.63, 3.8) is 0 Å². The predicted octanol–water partition coefficient (Wildman–Crippen LogP) is -3.30. The highest BCUT2D eigenvalue weighted by Crippen LogP contribution is 2.06. The molecule has 12 nitrogen and oxygen atoms in total. The lowest BCUT2D eigenvalue weighted by molar-refractivity contribution is -0.143. The van der Waals surface area contributed by atoms with E-state index < -0.39 is 66.8 Å². The van der Waals surface area contributed by atoms with Gasteiger partial charge in [0, 0.05) is 5.75 Å². The second-order valence-electron chi connectivity index (χ2n) is 6.47. The molecule has 0 heterocycles. The number of primary amides is 1. The molecular formula is C16H29N5O7S. The number of carboxylic acid groups (broad SMARTS) is 1. The number of thiol groups is 1. The van der Waals surface area contributed by atoms with Crippen LogP contribution in [-0.2, 0) is 24.0 Å². The number of aliphatic hydroxyl groups excluding tert-OH is 1. The number of hydrogen-bond donors (Lipinski definition) is 8. The topological polar surface area (TPSA) is 214 Å². The van der Waals surface area contributed by atoms with E-state index >= 15 is 0 Å². The van der Waals surface area contributed by atoms with Crippen molar-refractivity contribution in [3.05, 3.63) is 0 Å². The highest BCUT2D eigenvalue weighted by Gasteiger charge is 2.31. The lowest BCUT2D eigenvalue weighted by Crippen LogP contribution is -2.59. The molecule has 0 aromatic carbocycles. The standard InChI is InChI=1S/C16H29N5O7S/c1-3-7(2)12(18)15(26)19-8(4-11(17)23)13(24)21-10(6-29)14(25)20-9(5-22)16(27)28/h7-10,12,22,29H,3-6,18H2,1-2H3,(H2,17,23)(H,19,26)(H,20,25)(H,21,24)(H,27,28). The Morgan fingerprint density at radius 1 is 0.966 bits per heavy atom. The van der Waals surface area contributed by atoms with Crippen LogP contribution in [0, 0.1) is 5.92 Å². The third-order valence-electron chi connectivity index (χ3n) is 4.21. The second kappa shape index (κ2) is 13.0. The van der Waals surface area contributed by atoms with E-state index in [0.29, 0.717) is 6.42 Å². The first-order chi connectivity index (χ1) is 13.5. The molecule has 5 atom stereocenters. The molecule has 0 aromatic rings. The first-order valence-corrected chi connectivity index (χ1v) is 9.51. The minimum absolute atomic E-state index is 0.185. The lowest BCUT2D eigenvalue weighted by atomic mass is 9.99. The Morgan fingerprint density at radius 2 is 1.45 bits per heavy atom. The van der Waals surface area contributed by atoms with Crippen molar-refractivity contribution in [1.82, 2.24) is 16.0 Å². The molecule has 5 unspecified atom stereocenters. The third kappa shape index (κ3) is 9.11. The summed E-state index contributed by atoms with van der Waals surface area (Å²) < 4.78 is 0. The fraction of sp³-hybridized carbons (Fsp3) is 0.688. The van der Waals surface area contributed by atoms with E-state index in [1.165, 1.54) is 0 Å². The Morgan fingerprint density at radius 3 is 1.86 bits per heavy atom. The molecule has 0 aliphatic carbocycles. The van der Waals surface area contributed by atoms with Gasteiger partial charge in [0.25, 0.3) is 0 Å². The Bertz CT molecular complexity index is 618. The number of aliphatic hydroxyl groups is 1. The molecule has 29 heavy (non-hydrogen) atoms. The van der Waals surface area contributed by atoms with E-state index in [2.05, 4.69) is 23.3 Å². The zero-order chi connectivity index (χ0) is 22.7. The molecule has 0 aliphatic rings. The number of amides is 4. The molecule has 0 saturated carbocycles. The maximum absolute atomic E-state index is 12.5. The van der Waals surface area contributed by atoms with Crippen LogP contribution in [0.2, 0.25) is 0 Å². The maximum Gasteiger partial charge on any atom is 0.328 e. The molecule has 0 aliphatic heterocycles. The number of rotatable bonds is 13. The van der Waals surface area contributed by atoms with Gasteiger partial charge in [0.2, 0.25) is 23.6 Å². The summed E-state index contributed by atoms with van der Waals surface area (Å²) in [5.41, 5.74) is 10.9. The molecule has 9 N–H and O–H groups in total. The number of carbonyl (C=O) groups excluding carboxylic acids is 4. The highest BCUT2D eigenvalue weighted by atomic mass is 32.1. The Labute approximate surface area is 173 Å². The van der Waals surface area contributed by atoms with Gasteiger partial charge in [0.15, 0.2) is 0 Å². The van der Waals surface area contributed by atoms with Crippen molar-refractivity contribution >= 4 is 42.2 Å². The molecule has 4 amide bonds. The van der Waals surface area contributed by atoms with Crippen molar-refractivity contribution in [2.45, 2.75) is 50.9 Å². The summed E-state index contributed by atoms with van der Waals surface area (Å²) in [6.07, 6.45) is 0.0683. The highest BCUT2D eigenvalue weighted by molar-refractivity contribution is 7.80.